The van der Waals surface area contributed by atoms with Gasteiger partial charge in [-0.25, -0.2) is 4.39 Å². The van der Waals surface area contributed by atoms with Crippen LogP contribution in [0.2, 0.25) is 5.02 Å². The third-order valence-corrected chi connectivity index (χ3v) is 3.98. The molecule has 1 fully saturated rings. The standard InChI is InChI=1S/C15H19ClFN3O2/c1-10(21)20-6-4-11(5-7-20)19-15(22)9-18-12-2-3-13(16)14(17)8-12/h2-3,8,11,18H,4-7,9H2,1H3,(H,19,22). The van der Waals surface area contributed by atoms with Crippen molar-refractivity contribution in [3.05, 3.63) is 29.0 Å². The van der Waals surface area contributed by atoms with E-state index in [0.29, 0.717) is 18.8 Å². The predicted molar refractivity (Wildman–Crippen MR) is 83.3 cm³/mol. The van der Waals surface area contributed by atoms with Crippen LogP contribution < -0.4 is 10.6 Å². The van der Waals surface area contributed by atoms with Gasteiger partial charge in [0.1, 0.15) is 5.82 Å². The number of carbonyl (C=O) groups is 2. The molecule has 22 heavy (non-hydrogen) atoms. The summed E-state index contributed by atoms with van der Waals surface area (Å²) >= 11 is 5.60. The summed E-state index contributed by atoms with van der Waals surface area (Å²) in [6.45, 7) is 2.94. The van der Waals surface area contributed by atoms with Crippen molar-refractivity contribution in [1.29, 1.82) is 0 Å². The first-order valence-corrected chi connectivity index (χ1v) is 7.57. The Morgan fingerprint density at radius 1 is 1.36 bits per heavy atom. The molecular weight excluding hydrogens is 309 g/mol. The van der Waals surface area contributed by atoms with E-state index in [-0.39, 0.29) is 29.4 Å². The molecule has 1 saturated heterocycles. The normalized spacial score (nSPS) is 15.5. The Bertz CT molecular complexity index is 560. The lowest BCUT2D eigenvalue weighted by molar-refractivity contribution is -0.130. The van der Waals surface area contributed by atoms with Gasteiger partial charge in [-0.3, -0.25) is 9.59 Å². The Morgan fingerprint density at radius 2 is 2.05 bits per heavy atom. The van der Waals surface area contributed by atoms with Gasteiger partial charge in [-0.05, 0) is 31.0 Å². The lowest BCUT2D eigenvalue weighted by atomic mass is 10.1. The molecule has 1 aliphatic rings. The molecule has 0 spiro atoms. The van der Waals surface area contributed by atoms with E-state index >= 15 is 0 Å². The Balaban J connectivity index is 1.74. The van der Waals surface area contributed by atoms with Crippen molar-refractivity contribution in [2.24, 2.45) is 0 Å². The number of hydrogen-bond donors (Lipinski definition) is 2. The Labute approximate surface area is 133 Å². The predicted octanol–water partition coefficient (Wildman–Crippen LogP) is 2.02. The molecule has 2 rings (SSSR count). The average molecular weight is 328 g/mol. The highest BCUT2D eigenvalue weighted by Crippen LogP contribution is 2.18. The highest BCUT2D eigenvalue weighted by atomic mass is 35.5. The molecule has 0 aliphatic carbocycles. The summed E-state index contributed by atoms with van der Waals surface area (Å²) < 4.78 is 13.3. The van der Waals surface area contributed by atoms with Crippen LogP contribution in [0.5, 0.6) is 0 Å². The molecule has 0 radical (unpaired) electrons. The number of piperidine rings is 1. The number of rotatable bonds is 4. The smallest absolute Gasteiger partial charge is 0.239 e. The molecule has 1 aromatic rings. The van der Waals surface area contributed by atoms with Gasteiger partial charge in [-0.15, -0.1) is 0 Å². The van der Waals surface area contributed by atoms with Gasteiger partial charge >= 0.3 is 0 Å². The lowest BCUT2D eigenvalue weighted by Crippen LogP contribution is -2.47. The summed E-state index contributed by atoms with van der Waals surface area (Å²) in [6, 6.07) is 4.38. The van der Waals surface area contributed by atoms with Crippen LogP contribution in [0.3, 0.4) is 0 Å². The molecule has 0 unspecified atom stereocenters. The second-order valence-electron chi connectivity index (χ2n) is 5.33. The van der Waals surface area contributed by atoms with Crippen LogP contribution in [0.4, 0.5) is 10.1 Å². The van der Waals surface area contributed by atoms with Gasteiger partial charge in [0, 0.05) is 31.7 Å². The first kappa shape index (κ1) is 16.5. The second-order valence-corrected chi connectivity index (χ2v) is 5.74. The van der Waals surface area contributed by atoms with Crippen molar-refractivity contribution in [2.45, 2.75) is 25.8 Å². The quantitative estimate of drug-likeness (QED) is 0.889. The van der Waals surface area contributed by atoms with E-state index in [1.807, 2.05) is 0 Å². The Hall–Kier alpha value is -1.82. The minimum atomic E-state index is -0.524. The number of hydrogen-bond acceptors (Lipinski definition) is 3. The first-order chi connectivity index (χ1) is 10.5. The maximum atomic E-state index is 13.3. The zero-order chi connectivity index (χ0) is 16.1. The number of nitrogens with zero attached hydrogens (tertiary/aromatic N) is 1. The number of benzene rings is 1. The lowest BCUT2D eigenvalue weighted by Gasteiger charge is -2.31. The van der Waals surface area contributed by atoms with E-state index in [1.165, 1.54) is 12.1 Å². The summed E-state index contributed by atoms with van der Waals surface area (Å²) in [5.41, 5.74) is 0.503. The number of halogens is 2. The van der Waals surface area contributed by atoms with Crippen LogP contribution in [0, 0.1) is 5.82 Å². The van der Waals surface area contributed by atoms with Gasteiger partial charge in [0.25, 0.3) is 0 Å². The van der Waals surface area contributed by atoms with Gasteiger partial charge in [0.15, 0.2) is 0 Å². The van der Waals surface area contributed by atoms with Gasteiger partial charge in [0.2, 0.25) is 11.8 Å². The number of amides is 2. The van der Waals surface area contributed by atoms with Crippen LogP contribution in [-0.2, 0) is 9.59 Å². The van der Waals surface area contributed by atoms with Crippen molar-refractivity contribution in [1.82, 2.24) is 10.2 Å². The van der Waals surface area contributed by atoms with Crippen molar-refractivity contribution in [3.63, 3.8) is 0 Å². The Morgan fingerprint density at radius 3 is 2.64 bits per heavy atom. The SMILES string of the molecule is CC(=O)N1CCC(NC(=O)CNc2ccc(Cl)c(F)c2)CC1. The topological polar surface area (TPSA) is 61.4 Å². The second kappa shape index (κ2) is 7.45. The number of nitrogens with one attached hydrogen (secondary N) is 2. The van der Waals surface area contributed by atoms with Crippen LogP contribution in [0.15, 0.2) is 18.2 Å². The number of likely N-dealkylation sites (tertiary alicyclic amines) is 1. The zero-order valence-electron chi connectivity index (χ0n) is 12.4. The summed E-state index contributed by atoms with van der Waals surface area (Å²) in [5, 5.41) is 5.82. The largest absolute Gasteiger partial charge is 0.376 e. The van der Waals surface area contributed by atoms with Crippen LogP contribution in [-0.4, -0.2) is 42.4 Å². The molecule has 7 heteroatoms. The van der Waals surface area contributed by atoms with Crippen LogP contribution in [0.1, 0.15) is 19.8 Å². The summed E-state index contributed by atoms with van der Waals surface area (Å²) in [6.07, 6.45) is 1.50. The molecule has 2 amide bonds. The fraction of sp³-hybridized carbons (Fsp3) is 0.467. The number of carbonyl (C=O) groups excluding carboxylic acids is 2. The first-order valence-electron chi connectivity index (χ1n) is 7.19. The molecule has 0 bridgehead atoms. The van der Waals surface area contributed by atoms with E-state index in [4.69, 9.17) is 11.6 Å². The highest BCUT2D eigenvalue weighted by molar-refractivity contribution is 6.30. The van der Waals surface area contributed by atoms with Crippen LogP contribution in [0.25, 0.3) is 0 Å². The monoisotopic (exact) mass is 327 g/mol. The molecule has 0 saturated carbocycles. The van der Waals surface area contributed by atoms with E-state index in [9.17, 15) is 14.0 Å². The van der Waals surface area contributed by atoms with E-state index < -0.39 is 5.82 Å². The summed E-state index contributed by atoms with van der Waals surface area (Å²) in [5.74, 6) is -0.614. The van der Waals surface area contributed by atoms with E-state index in [2.05, 4.69) is 10.6 Å². The van der Waals surface area contributed by atoms with E-state index in [0.717, 1.165) is 12.8 Å². The highest BCUT2D eigenvalue weighted by Gasteiger charge is 2.21. The minimum absolute atomic E-state index is 0.0484. The average Bonchev–Trinajstić information content (AvgIpc) is 2.49. The fourth-order valence-electron chi connectivity index (χ4n) is 2.41. The summed E-state index contributed by atoms with van der Waals surface area (Å²) in [4.78, 5) is 24.9. The van der Waals surface area contributed by atoms with Crippen molar-refractivity contribution >= 4 is 29.1 Å². The third kappa shape index (κ3) is 4.59. The fourth-order valence-corrected chi connectivity index (χ4v) is 2.52. The molecule has 2 N–H and O–H groups in total. The number of anilines is 1. The molecule has 5 nitrogen and oxygen atoms in total. The third-order valence-electron chi connectivity index (χ3n) is 3.68. The molecule has 1 aliphatic heterocycles. The van der Waals surface area contributed by atoms with Gasteiger partial charge in [-0.2, -0.15) is 0 Å². The zero-order valence-corrected chi connectivity index (χ0v) is 13.1. The summed E-state index contributed by atoms with van der Waals surface area (Å²) in [7, 11) is 0. The molecular formula is C15H19ClFN3O2. The van der Waals surface area contributed by atoms with Crippen LogP contribution >= 0.6 is 11.6 Å². The molecule has 0 atom stereocenters. The van der Waals surface area contributed by atoms with Crippen molar-refractivity contribution in [3.8, 4) is 0 Å². The maximum Gasteiger partial charge on any atom is 0.239 e. The van der Waals surface area contributed by atoms with Gasteiger partial charge in [0.05, 0.1) is 11.6 Å². The maximum absolute atomic E-state index is 13.3. The molecule has 120 valence electrons. The van der Waals surface area contributed by atoms with Gasteiger partial charge in [-0.1, -0.05) is 11.6 Å². The molecule has 1 aromatic carbocycles. The molecule has 1 heterocycles. The minimum Gasteiger partial charge on any atom is -0.376 e. The Kier molecular flexibility index (Phi) is 5.60. The van der Waals surface area contributed by atoms with Gasteiger partial charge < -0.3 is 15.5 Å². The van der Waals surface area contributed by atoms with Crippen molar-refractivity contribution < 1.29 is 14.0 Å². The van der Waals surface area contributed by atoms with Crippen molar-refractivity contribution in [2.75, 3.05) is 25.0 Å². The molecule has 0 aromatic heterocycles. The van der Waals surface area contributed by atoms with E-state index in [1.54, 1.807) is 17.9 Å².